The molecule has 28 heavy (non-hydrogen) atoms. The van der Waals surface area contributed by atoms with Crippen LogP contribution in [0.5, 0.6) is 0 Å². The van der Waals surface area contributed by atoms with E-state index in [9.17, 15) is 19.2 Å². The number of imide groups is 1. The first kappa shape index (κ1) is 20.2. The van der Waals surface area contributed by atoms with Gasteiger partial charge in [0.25, 0.3) is 5.91 Å². The Labute approximate surface area is 166 Å². The van der Waals surface area contributed by atoms with E-state index in [1.165, 1.54) is 5.51 Å². The van der Waals surface area contributed by atoms with Crippen molar-refractivity contribution in [3.8, 4) is 0 Å². The maximum absolute atomic E-state index is 12.9. The van der Waals surface area contributed by atoms with Crippen molar-refractivity contribution in [3.63, 3.8) is 0 Å². The summed E-state index contributed by atoms with van der Waals surface area (Å²) in [6.07, 6.45) is 4.01. The first-order valence-electron chi connectivity index (χ1n) is 9.44. The van der Waals surface area contributed by atoms with Crippen LogP contribution in [0.15, 0.2) is 5.51 Å². The number of hydrogen-bond acceptors (Lipinski definition) is 7. The van der Waals surface area contributed by atoms with Crippen LogP contribution >= 0.6 is 11.3 Å². The molecule has 4 amide bonds. The lowest BCUT2D eigenvalue weighted by atomic mass is 9.75. The van der Waals surface area contributed by atoms with E-state index >= 15 is 0 Å². The Hall–Kier alpha value is -2.49. The van der Waals surface area contributed by atoms with Gasteiger partial charge in [0.2, 0.25) is 5.91 Å². The van der Waals surface area contributed by atoms with Gasteiger partial charge in [-0.15, -0.1) is 11.3 Å². The van der Waals surface area contributed by atoms with Gasteiger partial charge in [-0.05, 0) is 38.5 Å². The van der Waals surface area contributed by atoms with E-state index in [-0.39, 0.29) is 23.2 Å². The molecule has 1 aliphatic carbocycles. The van der Waals surface area contributed by atoms with Crippen LogP contribution < -0.4 is 10.6 Å². The van der Waals surface area contributed by atoms with Crippen LogP contribution in [-0.4, -0.2) is 52.4 Å². The zero-order chi connectivity index (χ0) is 20.3. The molecule has 0 radical (unpaired) electrons. The molecule has 1 aromatic heterocycles. The van der Waals surface area contributed by atoms with Crippen LogP contribution in [0, 0.1) is 5.92 Å². The lowest BCUT2D eigenvalue weighted by Crippen LogP contribution is -2.49. The molecule has 1 aliphatic heterocycles. The van der Waals surface area contributed by atoms with Gasteiger partial charge in [0.15, 0.2) is 5.69 Å². The molecule has 10 heteroatoms. The summed E-state index contributed by atoms with van der Waals surface area (Å²) in [5.74, 6) is -0.990. The third-order valence-electron chi connectivity index (χ3n) is 5.37. The first-order valence-corrected chi connectivity index (χ1v) is 10.3. The zero-order valence-electron chi connectivity index (χ0n) is 15.9. The van der Waals surface area contributed by atoms with E-state index in [4.69, 9.17) is 4.74 Å². The van der Waals surface area contributed by atoms with E-state index in [0.29, 0.717) is 18.8 Å². The summed E-state index contributed by atoms with van der Waals surface area (Å²) >= 11 is 1.07. The van der Waals surface area contributed by atoms with Gasteiger partial charge < -0.3 is 15.4 Å². The summed E-state index contributed by atoms with van der Waals surface area (Å²) in [6.45, 7) is 3.57. The van der Waals surface area contributed by atoms with Crippen molar-refractivity contribution in [3.05, 3.63) is 11.2 Å². The summed E-state index contributed by atoms with van der Waals surface area (Å²) in [5.41, 5.74) is 0.534. The molecule has 1 aromatic rings. The number of esters is 1. The number of thiazole rings is 1. The molecule has 0 atom stereocenters. The van der Waals surface area contributed by atoms with Crippen LogP contribution in [0.4, 0.5) is 9.80 Å². The van der Waals surface area contributed by atoms with Crippen molar-refractivity contribution >= 4 is 40.2 Å². The molecule has 1 saturated heterocycles. The zero-order valence-corrected chi connectivity index (χ0v) is 16.8. The summed E-state index contributed by atoms with van der Waals surface area (Å²) in [6, 6.07) is -0.551. The minimum atomic E-state index is -0.885. The highest BCUT2D eigenvalue weighted by Crippen LogP contribution is 2.37. The minimum absolute atomic E-state index is 0.00626. The molecule has 0 unspecified atom stereocenters. The highest BCUT2D eigenvalue weighted by Gasteiger charge is 2.52. The Kier molecular flexibility index (Phi) is 5.97. The number of urea groups is 1. The molecule has 2 fully saturated rings. The second-order valence-corrected chi connectivity index (χ2v) is 7.91. The second kappa shape index (κ2) is 8.26. The fraction of sp³-hybridized carbons (Fsp3) is 0.611. The molecular weight excluding hydrogens is 384 g/mol. The SMILES string of the molecule is CCOC(=O)c1ncsc1NC(=O)CN1C(=O)NC2(CCC(CC)CC2)C1=O. The number of amides is 4. The predicted octanol–water partition coefficient (Wildman–Crippen LogP) is 2.15. The fourth-order valence-electron chi connectivity index (χ4n) is 3.73. The summed E-state index contributed by atoms with van der Waals surface area (Å²) < 4.78 is 4.89. The molecule has 1 saturated carbocycles. The van der Waals surface area contributed by atoms with Crippen LogP contribution in [0.2, 0.25) is 0 Å². The fourth-order valence-corrected chi connectivity index (χ4v) is 4.41. The molecule has 1 spiro atoms. The maximum Gasteiger partial charge on any atom is 0.360 e. The second-order valence-electron chi connectivity index (χ2n) is 7.05. The number of nitrogens with zero attached hydrogens (tertiary/aromatic N) is 2. The Bertz CT molecular complexity index is 785. The van der Waals surface area contributed by atoms with Gasteiger partial charge in [0.05, 0.1) is 12.1 Å². The molecule has 2 N–H and O–H groups in total. The van der Waals surface area contributed by atoms with Gasteiger partial charge in [0, 0.05) is 0 Å². The molecule has 0 aromatic carbocycles. The average molecular weight is 408 g/mol. The lowest BCUT2D eigenvalue weighted by Gasteiger charge is -2.34. The molecule has 2 aliphatic rings. The minimum Gasteiger partial charge on any atom is -0.461 e. The normalized spacial score (nSPS) is 24.4. The van der Waals surface area contributed by atoms with Crippen molar-refractivity contribution in [1.29, 1.82) is 0 Å². The number of rotatable bonds is 6. The maximum atomic E-state index is 12.9. The van der Waals surface area contributed by atoms with E-state index in [0.717, 1.165) is 35.5 Å². The van der Waals surface area contributed by atoms with Crippen LogP contribution in [-0.2, 0) is 14.3 Å². The van der Waals surface area contributed by atoms with Crippen molar-refractivity contribution < 1.29 is 23.9 Å². The third-order valence-corrected chi connectivity index (χ3v) is 6.11. The van der Waals surface area contributed by atoms with Crippen molar-refractivity contribution in [2.45, 2.75) is 51.5 Å². The number of nitrogens with one attached hydrogen (secondary N) is 2. The molecule has 9 nitrogen and oxygen atoms in total. The first-order chi connectivity index (χ1) is 13.4. The smallest absolute Gasteiger partial charge is 0.360 e. The Balaban J connectivity index is 1.64. The molecule has 0 bridgehead atoms. The Morgan fingerprint density at radius 2 is 2.07 bits per heavy atom. The number of hydrogen-bond donors (Lipinski definition) is 2. The Morgan fingerprint density at radius 1 is 1.36 bits per heavy atom. The third kappa shape index (κ3) is 3.87. The highest BCUT2D eigenvalue weighted by molar-refractivity contribution is 7.14. The van der Waals surface area contributed by atoms with Crippen LogP contribution in [0.3, 0.4) is 0 Å². The van der Waals surface area contributed by atoms with Gasteiger partial charge in [-0.3, -0.25) is 14.5 Å². The van der Waals surface area contributed by atoms with E-state index < -0.39 is 30.0 Å². The topological polar surface area (TPSA) is 118 Å². The number of carbonyl (C=O) groups is 4. The van der Waals surface area contributed by atoms with E-state index in [1.54, 1.807) is 6.92 Å². The largest absolute Gasteiger partial charge is 0.461 e. The van der Waals surface area contributed by atoms with Gasteiger partial charge >= 0.3 is 12.0 Å². The molecular formula is C18H24N4O5S. The number of carbonyl (C=O) groups excluding carboxylic acids is 4. The number of anilines is 1. The van der Waals surface area contributed by atoms with Gasteiger partial charge in [0.1, 0.15) is 17.1 Å². The van der Waals surface area contributed by atoms with E-state index in [1.807, 2.05) is 0 Å². The summed E-state index contributed by atoms with van der Waals surface area (Å²) in [7, 11) is 0. The van der Waals surface area contributed by atoms with Gasteiger partial charge in [-0.1, -0.05) is 13.3 Å². The van der Waals surface area contributed by atoms with Crippen molar-refractivity contribution in [2.24, 2.45) is 5.92 Å². The molecule has 2 heterocycles. The predicted molar refractivity (Wildman–Crippen MR) is 102 cm³/mol. The highest BCUT2D eigenvalue weighted by atomic mass is 32.1. The summed E-state index contributed by atoms with van der Waals surface area (Å²) in [5, 5.41) is 5.58. The average Bonchev–Trinajstić information content (AvgIpc) is 3.21. The van der Waals surface area contributed by atoms with Gasteiger partial charge in [-0.25, -0.2) is 14.6 Å². The van der Waals surface area contributed by atoms with Crippen LogP contribution in [0.25, 0.3) is 0 Å². The molecule has 152 valence electrons. The standard InChI is InChI=1S/C18H24N4O5S/c1-3-11-5-7-18(8-6-11)16(25)22(17(26)21-18)9-12(23)20-14-13(19-10-28-14)15(24)27-4-2/h10-11H,3-9H2,1-2H3,(H,20,23)(H,21,26). The number of ether oxygens (including phenoxy) is 1. The van der Waals surface area contributed by atoms with Crippen LogP contribution in [0.1, 0.15) is 56.4 Å². The monoisotopic (exact) mass is 408 g/mol. The quantitative estimate of drug-likeness (QED) is 0.550. The molecule has 3 rings (SSSR count). The van der Waals surface area contributed by atoms with Crippen molar-refractivity contribution in [2.75, 3.05) is 18.5 Å². The Morgan fingerprint density at radius 3 is 2.71 bits per heavy atom. The number of aromatic nitrogens is 1. The summed E-state index contributed by atoms with van der Waals surface area (Å²) in [4.78, 5) is 54.3. The van der Waals surface area contributed by atoms with E-state index in [2.05, 4.69) is 22.5 Å². The van der Waals surface area contributed by atoms with Gasteiger partial charge in [-0.2, -0.15) is 0 Å². The lowest BCUT2D eigenvalue weighted by molar-refractivity contribution is -0.135. The van der Waals surface area contributed by atoms with Crippen molar-refractivity contribution in [1.82, 2.24) is 15.2 Å².